The predicted octanol–water partition coefficient (Wildman–Crippen LogP) is 3.59. The number of carbonyl (C=O) groups is 2. The number of nitrogens with zero attached hydrogens (tertiary/aromatic N) is 1. The van der Waals surface area contributed by atoms with E-state index >= 15 is 0 Å². The maximum Gasteiger partial charge on any atom is 0.316 e. The van der Waals surface area contributed by atoms with Crippen molar-refractivity contribution < 1.29 is 18.7 Å². The second-order valence-corrected chi connectivity index (χ2v) is 6.33. The molecule has 0 bridgehead atoms. The highest BCUT2D eigenvalue weighted by Gasteiger charge is 2.30. The molecule has 2 aromatic carbocycles. The summed E-state index contributed by atoms with van der Waals surface area (Å²) in [5.41, 5.74) is 1.44. The Kier molecular flexibility index (Phi) is 5.12. The van der Waals surface area contributed by atoms with Crippen LogP contribution in [0.25, 0.3) is 0 Å². The first-order valence-electron chi connectivity index (χ1n) is 8.36. The van der Waals surface area contributed by atoms with E-state index in [9.17, 15) is 14.0 Å². The lowest BCUT2D eigenvalue weighted by Gasteiger charge is -2.31. The molecule has 0 saturated carbocycles. The third-order valence-electron chi connectivity index (χ3n) is 4.34. The fraction of sp³-hybridized carbons (Fsp3) is 0.300. The van der Waals surface area contributed by atoms with Gasteiger partial charge < -0.3 is 9.64 Å². The Balaban J connectivity index is 1.65. The van der Waals surface area contributed by atoms with Gasteiger partial charge in [0.15, 0.2) is 0 Å². The van der Waals surface area contributed by atoms with Crippen molar-refractivity contribution >= 4 is 11.9 Å². The summed E-state index contributed by atoms with van der Waals surface area (Å²) >= 11 is 0. The minimum atomic E-state index is -0.380. The molecule has 4 nitrogen and oxygen atoms in total. The first-order valence-corrected chi connectivity index (χ1v) is 8.36. The van der Waals surface area contributed by atoms with E-state index in [0.717, 1.165) is 12.0 Å². The van der Waals surface area contributed by atoms with E-state index in [4.69, 9.17) is 4.74 Å². The molecule has 1 fully saturated rings. The molecule has 25 heavy (non-hydrogen) atoms. The minimum absolute atomic E-state index is 0.187. The molecule has 0 aromatic heterocycles. The largest absolute Gasteiger partial charge is 0.426 e. The molecule has 1 saturated heterocycles. The summed E-state index contributed by atoms with van der Waals surface area (Å²) in [4.78, 5) is 26.6. The molecule has 1 aliphatic heterocycles. The van der Waals surface area contributed by atoms with Crippen molar-refractivity contribution in [2.75, 3.05) is 13.1 Å². The average Bonchev–Trinajstić information content (AvgIpc) is 2.62. The standard InChI is InChI=1S/C20H20FNO3/c1-14-4-2-6-18(12-14)25-20(24)16-5-3-11-22(13-16)19(23)15-7-9-17(21)10-8-15/h2,4,6-10,12,16H,3,5,11,13H2,1H3. The summed E-state index contributed by atoms with van der Waals surface area (Å²) in [6.07, 6.45) is 1.43. The second kappa shape index (κ2) is 7.47. The van der Waals surface area contributed by atoms with Crippen LogP contribution < -0.4 is 4.74 Å². The van der Waals surface area contributed by atoms with Gasteiger partial charge in [-0.3, -0.25) is 9.59 Å². The number of hydrogen-bond donors (Lipinski definition) is 0. The highest BCUT2D eigenvalue weighted by Crippen LogP contribution is 2.22. The van der Waals surface area contributed by atoms with E-state index in [1.54, 1.807) is 11.0 Å². The smallest absolute Gasteiger partial charge is 0.316 e. The third kappa shape index (κ3) is 4.24. The van der Waals surface area contributed by atoms with Crippen molar-refractivity contribution in [3.05, 3.63) is 65.5 Å². The van der Waals surface area contributed by atoms with Crippen LogP contribution in [0.5, 0.6) is 5.75 Å². The highest BCUT2D eigenvalue weighted by atomic mass is 19.1. The lowest BCUT2D eigenvalue weighted by Crippen LogP contribution is -2.43. The molecule has 1 heterocycles. The molecule has 0 radical (unpaired) electrons. The molecule has 1 aliphatic rings. The van der Waals surface area contributed by atoms with Gasteiger partial charge in [0.1, 0.15) is 11.6 Å². The Morgan fingerprint density at radius 3 is 2.64 bits per heavy atom. The number of carbonyl (C=O) groups excluding carboxylic acids is 2. The molecule has 130 valence electrons. The van der Waals surface area contributed by atoms with E-state index in [-0.39, 0.29) is 23.6 Å². The minimum Gasteiger partial charge on any atom is -0.426 e. The second-order valence-electron chi connectivity index (χ2n) is 6.33. The SMILES string of the molecule is Cc1cccc(OC(=O)C2CCCN(C(=O)c3ccc(F)cc3)C2)c1. The van der Waals surface area contributed by atoms with Crippen LogP contribution >= 0.6 is 0 Å². The number of benzene rings is 2. The van der Waals surface area contributed by atoms with Gasteiger partial charge in [0.2, 0.25) is 0 Å². The van der Waals surface area contributed by atoms with Gasteiger partial charge in [-0.2, -0.15) is 0 Å². The summed E-state index contributed by atoms with van der Waals surface area (Å²) in [7, 11) is 0. The Morgan fingerprint density at radius 1 is 1.16 bits per heavy atom. The zero-order valence-corrected chi connectivity index (χ0v) is 14.1. The van der Waals surface area contributed by atoms with Gasteiger partial charge in [-0.05, 0) is 61.7 Å². The van der Waals surface area contributed by atoms with Gasteiger partial charge >= 0.3 is 5.97 Å². The highest BCUT2D eigenvalue weighted by molar-refractivity contribution is 5.94. The van der Waals surface area contributed by atoms with Gasteiger partial charge in [0.25, 0.3) is 5.91 Å². The molecule has 0 spiro atoms. The number of amides is 1. The van der Waals surface area contributed by atoms with Gasteiger partial charge in [0, 0.05) is 18.7 Å². The molecule has 1 unspecified atom stereocenters. The molecular weight excluding hydrogens is 321 g/mol. The fourth-order valence-electron chi connectivity index (χ4n) is 3.01. The van der Waals surface area contributed by atoms with E-state index in [1.807, 2.05) is 25.1 Å². The van der Waals surface area contributed by atoms with Crippen LogP contribution in [0.1, 0.15) is 28.8 Å². The van der Waals surface area contributed by atoms with Gasteiger partial charge in [-0.15, -0.1) is 0 Å². The van der Waals surface area contributed by atoms with Gasteiger partial charge in [-0.25, -0.2) is 4.39 Å². The summed E-state index contributed by atoms with van der Waals surface area (Å²) in [6.45, 7) is 2.84. The van der Waals surface area contributed by atoms with Gasteiger partial charge in [-0.1, -0.05) is 12.1 Å². The van der Waals surface area contributed by atoms with Crippen LogP contribution in [0.2, 0.25) is 0 Å². The van der Waals surface area contributed by atoms with Crippen molar-refractivity contribution in [2.45, 2.75) is 19.8 Å². The van der Waals surface area contributed by atoms with Crippen molar-refractivity contribution in [1.29, 1.82) is 0 Å². The molecule has 1 amide bonds. The lowest BCUT2D eigenvalue weighted by atomic mass is 9.97. The summed E-state index contributed by atoms with van der Waals surface area (Å²) in [6, 6.07) is 12.8. The van der Waals surface area contributed by atoms with Crippen molar-refractivity contribution in [1.82, 2.24) is 4.90 Å². The zero-order valence-electron chi connectivity index (χ0n) is 14.1. The number of aryl methyl sites for hydroxylation is 1. The van der Waals surface area contributed by atoms with Crippen molar-refractivity contribution in [2.24, 2.45) is 5.92 Å². The summed E-state index contributed by atoms with van der Waals surface area (Å²) in [5.74, 6) is -0.712. The Morgan fingerprint density at radius 2 is 1.92 bits per heavy atom. The topological polar surface area (TPSA) is 46.6 Å². The Hall–Kier alpha value is -2.69. The first-order chi connectivity index (χ1) is 12.0. The van der Waals surface area contributed by atoms with Crippen molar-refractivity contribution in [3.8, 4) is 5.75 Å². The molecule has 2 aromatic rings. The molecule has 5 heteroatoms. The summed E-state index contributed by atoms with van der Waals surface area (Å²) in [5, 5.41) is 0. The number of piperidine rings is 1. The molecule has 0 aliphatic carbocycles. The van der Waals surface area contributed by atoms with E-state index < -0.39 is 0 Å². The van der Waals surface area contributed by atoms with Crippen molar-refractivity contribution in [3.63, 3.8) is 0 Å². The number of likely N-dealkylation sites (tertiary alicyclic amines) is 1. The number of esters is 1. The van der Waals surface area contributed by atoms with Crippen LogP contribution in [0.4, 0.5) is 4.39 Å². The maximum atomic E-state index is 13.0. The monoisotopic (exact) mass is 341 g/mol. The van der Waals surface area contributed by atoms with Gasteiger partial charge in [0.05, 0.1) is 5.92 Å². The zero-order chi connectivity index (χ0) is 17.8. The fourth-order valence-corrected chi connectivity index (χ4v) is 3.01. The molecule has 0 N–H and O–H groups in total. The van der Waals surface area contributed by atoms with Crippen LogP contribution in [0, 0.1) is 18.7 Å². The Bertz CT molecular complexity index is 773. The van der Waals surface area contributed by atoms with E-state index in [2.05, 4.69) is 0 Å². The first kappa shape index (κ1) is 17.1. The van der Waals surface area contributed by atoms with Crippen LogP contribution in [0.3, 0.4) is 0 Å². The van der Waals surface area contributed by atoms with E-state index in [0.29, 0.717) is 30.8 Å². The number of hydrogen-bond acceptors (Lipinski definition) is 3. The average molecular weight is 341 g/mol. The maximum absolute atomic E-state index is 13.0. The van der Waals surface area contributed by atoms with Crippen LogP contribution in [-0.4, -0.2) is 29.9 Å². The quantitative estimate of drug-likeness (QED) is 0.633. The molecule has 3 rings (SSSR count). The number of ether oxygens (including phenoxy) is 1. The van der Waals surface area contributed by atoms with E-state index in [1.165, 1.54) is 24.3 Å². The molecular formula is C20H20FNO3. The number of rotatable bonds is 3. The third-order valence-corrected chi connectivity index (χ3v) is 4.34. The van der Waals surface area contributed by atoms with Crippen LogP contribution in [0.15, 0.2) is 48.5 Å². The predicted molar refractivity (Wildman–Crippen MR) is 91.8 cm³/mol. The summed E-state index contributed by atoms with van der Waals surface area (Å²) < 4.78 is 18.5. The Labute approximate surface area is 146 Å². The number of halogens is 1. The normalized spacial score (nSPS) is 17.2. The van der Waals surface area contributed by atoms with Crippen LogP contribution in [-0.2, 0) is 4.79 Å². The lowest BCUT2D eigenvalue weighted by molar-refractivity contribution is -0.140. The molecule has 1 atom stereocenters.